The summed E-state index contributed by atoms with van der Waals surface area (Å²) in [6.07, 6.45) is -12.6. The summed E-state index contributed by atoms with van der Waals surface area (Å²) in [5.41, 5.74) is 0. The largest absolute Gasteiger partial charge is 0.450 e. The SMILES string of the molecule is CC(=O)CC(C(=O)C(F)(F)F)C(=O)C(F)(F)F. The average Bonchev–Trinajstić information content (AvgIpc) is 2.08. The van der Waals surface area contributed by atoms with E-state index in [4.69, 9.17) is 0 Å². The van der Waals surface area contributed by atoms with Crippen molar-refractivity contribution in [2.75, 3.05) is 0 Å². The first-order chi connectivity index (χ1) is 7.37. The molecule has 0 bridgehead atoms. The first-order valence-electron chi connectivity index (χ1n) is 4.09. The normalized spacial score (nSPS) is 12.7. The van der Waals surface area contributed by atoms with Gasteiger partial charge in [0, 0.05) is 6.42 Å². The average molecular weight is 264 g/mol. The van der Waals surface area contributed by atoms with Crippen molar-refractivity contribution in [3.05, 3.63) is 0 Å². The number of ketones is 3. The van der Waals surface area contributed by atoms with Gasteiger partial charge in [-0.2, -0.15) is 26.3 Å². The van der Waals surface area contributed by atoms with Crippen molar-refractivity contribution >= 4 is 17.3 Å². The third kappa shape index (κ3) is 4.53. The molecule has 0 radical (unpaired) electrons. The highest BCUT2D eigenvalue weighted by molar-refractivity contribution is 6.09. The number of hydrogen-bond acceptors (Lipinski definition) is 3. The molecule has 0 aliphatic carbocycles. The molecule has 0 atom stereocenters. The van der Waals surface area contributed by atoms with Gasteiger partial charge in [0.05, 0.1) is 0 Å². The van der Waals surface area contributed by atoms with E-state index in [1.54, 1.807) is 0 Å². The zero-order valence-electron chi connectivity index (χ0n) is 8.28. The van der Waals surface area contributed by atoms with Crippen LogP contribution in [0.15, 0.2) is 0 Å². The van der Waals surface area contributed by atoms with Crippen molar-refractivity contribution in [3.8, 4) is 0 Å². The molecule has 0 spiro atoms. The van der Waals surface area contributed by atoms with Crippen molar-refractivity contribution in [2.24, 2.45) is 5.92 Å². The lowest BCUT2D eigenvalue weighted by atomic mass is 9.92. The van der Waals surface area contributed by atoms with Crippen LogP contribution < -0.4 is 0 Å². The smallest absolute Gasteiger partial charge is 0.300 e. The molecule has 0 fully saturated rings. The molecule has 98 valence electrons. The Morgan fingerprint density at radius 1 is 0.882 bits per heavy atom. The van der Waals surface area contributed by atoms with Crippen molar-refractivity contribution in [1.29, 1.82) is 0 Å². The first kappa shape index (κ1) is 15.6. The Morgan fingerprint density at radius 2 is 1.18 bits per heavy atom. The van der Waals surface area contributed by atoms with Crippen molar-refractivity contribution < 1.29 is 40.7 Å². The Bertz CT molecular complexity index is 314. The highest BCUT2D eigenvalue weighted by Gasteiger charge is 2.53. The number of Topliss-reactive ketones (excluding diaryl/α,β-unsaturated/α-hetero) is 3. The van der Waals surface area contributed by atoms with Gasteiger partial charge < -0.3 is 0 Å². The Hall–Kier alpha value is -1.41. The summed E-state index contributed by atoms with van der Waals surface area (Å²) in [5, 5.41) is 0. The van der Waals surface area contributed by atoms with Crippen LogP contribution in [0.4, 0.5) is 26.3 Å². The lowest BCUT2D eigenvalue weighted by molar-refractivity contribution is -0.190. The Balaban J connectivity index is 5.23. The summed E-state index contributed by atoms with van der Waals surface area (Å²) < 4.78 is 71.5. The van der Waals surface area contributed by atoms with Gasteiger partial charge in [0.2, 0.25) is 11.6 Å². The molecule has 9 heteroatoms. The summed E-state index contributed by atoms with van der Waals surface area (Å²) in [6.45, 7) is 0.681. The Kier molecular flexibility index (Phi) is 4.44. The van der Waals surface area contributed by atoms with E-state index in [2.05, 4.69) is 0 Å². The van der Waals surface area contributed by atoms with E-state index in [-0.39, 0.29) is 0 Å². The first-order valence-corrected chi connectivity index (χ1v) is 4.09. The highest BCUT2D eigenvalue weighted by Crippen LogP contribution is 2.29. The Labute approximate surface area is 90.8 Å². The molecule has 0 amide bonds. The molecule has 0 N–H and O–H groups in total. The third-order valence-electron chi connectivity index (χ3n) is 1.68. The summed E-state index contributed by atoms with van der Waals surface area (Å²) in [7, 11) is 0. The van der Waals surface area contributed by atoms with Crippen LogP contribution in [-0.4, -0.2) is 29.7 Å². The second-order valence-electron chi connectivity index (χ2n) is 3.18. The molecular formula is C8H6F6O3. The molecule has 0 unspecified atom stereocenters. The zero-order chi connectivity index (χ0) is 14.0. The fourth-order valence-corrected chi connectivity index (χ4v) is 0.987. The van der Waals surface area contributed by atoms with Crippen LogP contribution in [0.1, 0.15) is 13.3 Å². The quantitative estimate of drug-likeness (QED) is 0.575. The standard InChI is InChI=1S/C8H6F6O3/c1-3(15)2-4(5(16)7(9,10)11)6(17)8(12,13)14/h4H,2H2,1H3. The predicted molar refractivity (Wildman–Crippen MR) is 40.9 cm³/mol. The van der Waals surface area contributed by atoms with Gasteiger partial charge in [0.1, 0.15) is 11.7 Å². The maximum atomic E-state index is 11.9. The minimum atomic E-state index is -5.60. The number of halogens is 6. The zero-order valence-corrected chi connectivity index (χ0v) is 8.28. The molecule has 0 saturated carbocycles. The van der Waals surface area contributed by atoms with Crippen LogP contribution in [-0.2, 0) is 14.4 Å². The number of alkyl halides is 6. The third-order valence-corrected chi connectivity index (χ3v) is 1.68. The molecule has 0 heterocycles. The Morgan fingerprint density at radius 3 is 1.35 bits per heavy atom. The van der Waals surface area contributed by atoms with Crippen molar-refractivity contribution in [3.63, 3.8) is 0 Å². The van der Waals surface area contributed by atoms with Crippen LogP contribution in [0, 0.1) is 5.92 Å². The lowest BCUT2D eigenvalue weighted by Crippen LogP contribution is -2.42. The molecule has 0 aromatic heterocycles. The van der Waals surface area contributed by atoms with Crippen molar-refractivity contribution in [2.45, 2.75) is 25.7 Å². The van der Waals surface area contributed by atoms with E-state index in [1.165, 1.54) is 0 Å². The van der Waals surface area contributed by atoms with E-state index in [9.17, 15) is 40.7 Å². The fraction of sp³-hybridized carbons (Fsp3) is 0.625. The minimum Gasteiger partial charge on any atom is -0.300 e. The van der Waals surface area contributed by atoms with Gasteiger partial charge in [-0.05, 0) is 6.92 Å². The molecular weight excluding hydrogens is 258 g/mol. The van der Waals surface area contributed by atoms with Gasteiger partial charge in [-0.15, -0.1) is 0 Å². The maximum absolute atomic E-state index is 11.9. The minimum absolute atomic E-state index is 0.681. The summed E-state index contributed by atoms with van der Waals surface area (Å²) in [4.78, 5) is 31.7. The van der Waals surface area contributed by atoms with Crippen LogP contribution in [0.25, 0.3) is 0 Å². The molecule has 0 aromatic rings. The van der Waals surface area contributed by atoms with Crippen molar-refractivity contribution in [1.82, 2.24) is 0 Å². The van der Waals surface area contributed by atoms with Crippen LogP contribution >= 0.6 is 0 Å². The van der Waals surface area contributed by atoms with E-state index < -0.39 is 42.0 Å². The topological polar surface area (TPSA) is 51.2 Å². The molecule has 17 heavy (non-hydrogen) atoms. The van der Waals surface area contributed by atoms with Gasteiger partial charge in [-0.25, -0.2) is 0 Å². The fourth-order valence-electron chi connectivity index (χ4n) is 0.987. The number of carbonyl (C=O) groups excluding carboxylic acids is 3. The molecule has 0 saturated heterocycles. The molecule has 0 aliphatic rings. The van der Waals surface area contributed by atoms with E-state index in [0.29, 0.717) is 6.92 Å². The summed E-state index contributed by atoms with van der Waals surface area (Å²) in [5.74, 6) is -9.90. The van der Waals surface area contributed by atoms with Crippen LogP contribution in [0.3, 0.4) is 0 Å². The highest BCUT2D eigenvalue weighted by atomic mass is 19.4. The molecule has 0 aliphatic heterocycles. The lowest BCUT2D eigenvalue weighted by Gasteiger charge is -2.16. The summed E-state index contributed by atoms with van der Waals surface area (Å²) >= 11 is 0. The van der Waals surface area contributed by atoms with E-state index in [1.807, 2.05) is 0 Å². The van der Waals surface area contributed by atoms with E-state index >= 15 is 0 Å². The van der Waals surface area contributed by atoms with Gasteiger partial charge in [0.25, 0.3) is 0 Å². The van der Waals surface area contributed by atoms with Gasteiger partial charge in [-0.1, -0.05) is 0 Å². The van der Waals surface area contributed by atoms with E-state index in [0.717, 1.165) is 0 Å². The van der Waals surface area contributed by atoms with Crippen LogP contribution in [0.5, 0.6) is 0 Å². The van der Waals surface area contributed by atoms with Gasteiger partial charge in [0.15, 0.2) is 0 Å². The maximum Gasteiger partial charge on any atom is 0.450 e. The monoisotopic (exact) mass is 264 g/mol. The molecule has 0 rings (SSSR count). The second-order valence-corrected chi connectivity index (χ2v) is 3.18. The number of hydrogen-bond donors (Lipinski definition) is 0. The number of rotatable bonds is 4. The molecule has 3 nitrogen and oxygen atoms in total. The second kappa shape index (κ2) is 4.84. The van der Waals surface area contributed by atoms with Gasteiger partial charge in [-0.3, -0.25) is 14.4 Å². The number of carbonyl (C=O) groups is 3. The summed E-state index contributed by atoms with van der Waals surface area (Å²) in [6, 6.07) is 0. The van der Waals surface area contributed by atoms with Gasteiger partial charge >= 0.3 is 12.4 Å². The van der Waals surface area contributed by atoms with Crippen LogP contribution in [0.2, 0.25) is 0 Å². The predicted octanol–water partition coefficient (Wildman–Crippen LogP) is 1.84. The molecule has 0 aromatic carbocycles.